The molecule has 1 aromatic heterocycles. The van der Waals surface area contributed by atoms with Crippen molar-refractivity contribution in [3.63, 3.8) is 0 Å². The van der Waals surface area contributed by atoms with E-state index in [9.17, 15) is 0 Å². The maximum Gasteiger partial charge on any atom is 0.0659 e. The third kappa shape index (κ3) is 3.82. The molecule has 21 heavy (non-hydrogen) atoms. The summed E-state index contributed by atoms with van der Waals surface area (Å²) in [6.07, 6.45) is 6.56. The Morgan fingerprint density at radius 3 is 2.62 bits per heavy atom. The lowest BCUT2D eigenvalue weighted by Crippen LogP contribution is -2.50. The molecular weight excluding hydrogens is 391 g/mol. The zero-order valence-corrected chi connectivity index (χ0v) is 16.4. The van der Waals surface area contributed by atoms with Crippen LogP contribution in [0.2, 0.25) is 0 Å². The van der Waals surface area contributed by atoms with Gasteiger partial charge in [0.1, 0.15) is 0 Å². The molecule has 2 nitrogen and oxygen atoms in total. The van der Waals surface area contributed by atoms with Crippen molar-refractivity contribution in [1.82, 2.24) is 10.2 Å². The van der Waals surface area contributed by atoms with Gasteiger partial charge in [-0.05, 0) is 87.1 Å². The molecular formula is C17H27IN2S. The van der Waals surface area contributed by atoms with Gasteiger partial charge in [0.05, 0.1) is 2.88 Å². The first-order valence-corrected chi connectivity index (χ1v) is 10.1. The molecule has 1 unspecified atom stereocenters. The number of nitrogens with zero attached hydrogens (tertiary/aromatic N) is 1. The summed E-state index contributed by atoms with van der Waals surface area (Å²) < 4.78 is 1.45. The molecule has 1 saturated heterocycles. The van der Waals surface area contributed by atoms with Gasteiger partial charge >= 0.3 is 0 Å². The molecule has 3 rings (SSSR count). The number of likely N-dealkylation sites (tertiary alicyclic amines) is 1. The molecule has 1 aliphatic heterocycles. The van der Waals surface area contributed by atoms with Crippen LogP contribution in [0.3, 0.4) is 0 Å². The van der Waals surface area contributed by atoms with Crippen LogP contribution in [0.15, 0.2) is 6.07 Å². The predicted octanol–water partition coefficient (Wildman–Crippen LogP) is 4.58. The minimum absolute atomic E-state index is 0.326. The van der Waals surface area contributed by atoms with Gasteiger partial charge in [0.25, 0.3) is 0 Å². The lowest BCUT2D eigenvalue weighted by Gasteiger charge is -2.42. The van der Waals surface area contributed by atoms with Crippen LogP contribution in [0.1, 0.15) is 62.9 Å². The number of halogens is 1. The van der Waals surface area contributed by atoms with E-state index in [0.717, 1.165) is 0 Å². The Morgan fingerprint density at radius 1 is 1.24 bits per heavy atom. The van der Waals surface area contributed by atoms with Crippen molar-refractivity contribution in [3.05, 3.63) is 19.4 Å². The number of fused-ring (bicyclic) bond motifs is 1. The monoisotopic (exact) mass is 418 g/mol. The molecule has 0 spiro atoms. The second kappa shape index (κ2) is 6.46. The lowest BCUT2D eigenvalue weighted by molar-refractivity contribution is 0.0931. The SMILES string of the molecule is CC(C)(C)N1CCC(NC2CCCc3sc(I)cc32)CC1. The van der Waals surface area contributed by atoms with Gasteiger partial charge in [0.2, 0.25) is 0 Å². The molecule has 1 atom stereocenters. The van der Waals surface area contributed by atoms with Crippen molar-refractivity contribution in [3.8, 4) is 0 Å². The van der Waals surface area contributed by atoms with Crippen LogP contribution in [0, 0.1) is 2.88 Å². The van der Waals surface area contributed by atoms with E-state index >= 15 is 0 Å². The van der Waals surface area contributed by atoms with Gasteiger partial charge in [-0.15, -0.1) is 11.3 Å². The van der Waals surface area contributed by atoms with Crippen molar-refractivity contribution in [1.29, 1.82) is 0 Å². The van der Waals surface area contributed by atoms with Gasteiger partial charge in [0, 0.05) is 35.6 Å². The van der Waals surface area contributed by atoms with E-state index in [1.54, 1.807) is 10.4 Å². The Labute approximate surface area is 146 Å². The molecule has 0 bridgehead atoms. The van der Waals surface area contributed by atoms with Crippen molar-refractivity contribution in [2.24, 2.45) is 0 Å². The predicted molar refractivity (Wildman–Crippen MR) is 100 cm³/mol. The number of piperidine rings is 1. The first-order chi connectivity index (χ1) is 9.93. The van der Waals surface area contributed by atoms with Crippen LogP contribution in [-0.2, 0) is 6.42 Å². The molecule has 1 N–H and O–H groups in total. The molecule has 0 amide bonds. The zero-order chi connectivity index (χ0) is 15.0. The fraction of sp³-hybridized carbons (Fsp3) is 0.765. The topological polar surface area (TPSA) is 15.3 Å². The molecule has 0 aromatic carbocycles. The van der Waals surface area contributed by atoms with Crippen molar-refractivity contribution in [2.45, 2.75) is 70.5 Å². The Morgan fingerprint density at radius 2 is 1.95 bits per heavy atom. The average molecular weight is 418 g/mol. The van der Waals surface area contributed by atoms with Crippen LogP contribution in [0.25, 0.3) is 0 Å². The second-order valence-corrected chi connectivity index (χ2v) is 10.5. The van der Waals surface area contributed by atoms with Gasteiger partial charge in [0.15, 0.2) is 0 Å². The largest absolute Gasteiger partial charge is 0.307 e. The fourth-order valence-electron chi connectivity index (χ4n) is 3.70. The number of hydrogen-bond acceptors (Lipinski definition) is 3. The number of hydrogen-bond donors (Lipinski definition) is 1. The van der Waals surface area contributed by atoms with Crippen molar-refractivity contribution < 1.29 is 0 Å². The summed E-state index contributed by atoms with van der Waals surface area (Å²) in [5.41, 5.74) is 1.93. The maximum atomic E-state index is 3.98. The van der Waals surface area contributed by atoms with Crippen LogP contribution < -0.4 is 5.32 Å². The average Bonchev–Trinajstić information content (AvgIpc) is 2.80. The van der Waals surface area contributed by atoms with E-state index in [1.807, 2.05) is 11.3 Å². The lowest BCUT2D eigenvalue weighted by atomic mass is 9.91. The first kappa shape index (κ1) is 16.2. The van der Waals surface area contributed by atoms with Gasteiger partial charge in [-0.1, -0.05) is 0 Å². The fourth-order valence-corrected chi connectivity index (χ4v) is 5.82. The van der Waals surface area contributed by atoms with E-state index in [4.69, 9.17) is 0 Å². The highest BCUT2D eigenvalue weighted by molar-refractivity contribution is 14.1. The molecule has 1 aliphatic carbocycles. The van der Waals surface area contributed by atoms with Crippen LogP contribution in [0.4, 0.5) is 0 Å². The Hall–Kier alpha value is 0.350. The number of nitrogens with one attached hydrogen (secondary N) is 1. The number of rotatable bonds is 2. The van der Waals surface area contributed by atoms with Crippen LogP contribution >= 0.6 is 33.9 Å². The molecule has 0 radical (unpaired) electrons. The van der Waals surface area contributed by atoms with E-state index in [0.29, 0.717) is 17.6 Å². The van der Waals surface area contributed by atoms with Crippen molar-refractivity contribution in [2.75, 3.05) is 13.1 Å². The first-order valence-electron chi connectivity index (χ1n) is 8.22. The molecule has 2 heterocycles. The molecule has 118 valence electrons. The Kier molecular flexibility index (Phi) is 4.99. The summed E-state index contributed by atoms with van der Waals surface area (Å²) in [4.78, 5) is 4.26. The normalized spacial score (nSPS) is 25.0. The summed E-state index contributed by atoms with van der Waals surface area (Å²) in [5, 5.41) is 3.98. The van der Waals surface area contributed by atoms with Gasteiger partial charge in [-0.25, -0.2) is 0 Å². The molecule has 1 fully saturated rings. The quantitative estimate of drug-likeness (QED) is 0.708. The highest BCUT2D eigenvalue weighted by Gasteiger charge is 2.29. The van der Waals surface area contributed by atoms with E-state index < -0.39 is 0 Å². The van der Waals surface area contributed by atoms with E-state index in [1.165, 1.54) is 48.1 Å². The van der Waals surface area contributed by atoms with Gasteiger partial charge in [-0.3, -0.25) is 4.90 Å². The Balaban J connectivity index is 1.59. The number of aryl methyl sites for hydroxylation is 1. The minimum Gasteiger partial charge on any atom is -0.307 e. The van der Waals surface area contributed by atoms with Crippen LogP contribution in [-0.4, -0.2) is 29.6 Å². The summed E-state index contributed by atoms with van der Waals surface area (Å²) >= 11 is 4.48. The second-order valence-electron chi connectivity index (χ2n) is 7.47. The highest BCUT2D eigenvalue weighted by atomic mass is 127. The third-order valence-electron chi connectivity index (χ3n) is 4.96. The van der Waals surface area contributed by atoms with Crippen molar-refractivity contribution >= 4 is 33.9 Å². The summed E-state index contributed by atoms with van der Waals surface area (Å²) in [6.45, 7) is 9.48. The smallest absolute Gasteiger partial charge is 0.0659 e. The molecule has 4 heteroatoms. The third-order valence-corrected chi connectivity index (χ3v) is 6.94. The molecule has 1 aromatic rings. The summed E-state index contributed by atoms with van der Waals surface area (Å²) in [7, 11) is 0. The Bertz CT molecular complexity index is 483. The summed E-state index contributed by atoms with van der Waals surface area (Å²) in [5.74, 6) is 0. The standard InChI is InChI=1S/C17H27IN2S/c1-17(2,3)20-9-7-12(8-10-20)19-14-5-4-6-15-13(14)11-16(18)21-15/h11-12,14,19H,4-10H2,1-3H3. The van der Waals surface area contributed by atoms with Gasteiger partial charge < -0.3 is 5.32 Å². The maximum absolute atomic E-state index is 3.98. The molecule has 2 aliphatic rings. The van der Waals surface area contributed by atoms with Crippen LogP contribution in [0.5, 0.6) is 0 Å². The zero-order valence-electron chi connectivity index (χ0n) is 13.4. The van der Waals surface area contributed by atoms with Gasteiger partial charge in [-0.2, -0.15) is 0 Å². The van der Waals surface area contributed by atoms with E-state index in [-0.39, 0.29) is 0 Å². The summed E-state index contributed by atoms with van der Waals surface area (Å²) in [6, 6.07) is 3.73. The highest BCUT2D eigenvalue weighted by Crippen LogP contribution is 2.37. The van der Waals surface area contributed by atoms with E-state index in [2.05, 4.69) is 59.6 Å². The molecule has 0 saturated carbocycles. The minimum atomic E-state index is 0.326. The number of thiophene rings is 1.